The summed E-state index contributed by atoms with van der Waals surface area (Å²) < 4.78 is 1.48. The van der Waals surface area contributed by atoms with Gasteiger partial charge in [-0.2, -0.15) is 0 Å². The minimum Gasteiger partial charge on any atom is -0.277 e. The van der Waals surface area contributed by atoms with Crippen molar-refractivity contribution in [2.24, 2.45) is 0 Å². The number of hydrogen-bond acceptors (Lipinski definition) is 6. The summed E-state index contributed by atoms with van der Waals surface area (Å²) in [5.41, 5.74) is 7.47. The van der Waals surface area contributed by atoms with E-state index in [1.807, 2.05) is 43.3 Å². The Balaban J connectivity index is 1.59. The predicted octanol–water partition coefficient (Wildman–Crippen LogP) is 3.61. The van der Waals surface area contributed by atoms with E-state index in [9.17, 15) is 9.59 Å². The summed E-state index contributed by atoms with van der Waals surface area (Å²) in [5, 5.41) is 1.32. The van der Waals surface area contributed by atoms with Crippen LogP contribution >= 0.6 is 11.3 Å². The van der Waals surface area contributed by atoms with E-state index < -0.39 is 0 Å². The van der Waals surface area contributed by atoms with Crippen LogP contribution in [0.2, 0.25) is 0 Å². The third-order valence-corrected chi connectivity index (χ3v) is 5.69. The molecule has 0 saturated heterocycles. The highest BCUT2D eigenvalue weighted by molar-refractivity contribution is 7.17. The number of nitrogens with one attached hydrogen (secondary N) is 2. The second-order valence-electron chi connectivity index (χ2n) is 6.38. The second-order valence-corrected chi connectivity index (χ2v) is 7.38. The summed E-state index contributed by atoms with van der Waals surface area (Å²) in [6, 6.07) is 16.8. The van der Waals surface area contributed by atoms with Gasteiger partial charge in [0.15, 0.2) is 0 Å². The van der Waals surface area contributed by atoms with Crippen LogP contribution in [-0.4, -0.2) is 20.4 Å². The molecule has 0 fully saturated rings. The quantitative estimate of drug-likeness (QED) is 0.495. The van der Waals surface area contributed by atoms with Gasteiger partial charge in [0.05, 0.1) is 16.6 Å². The maximum atomic E-state index is 12.7. The number of amides is 1. The van der Waals surface area contributed by atoms with E-state index in [-0.39, 0.29) is 17.4 Å². The average Bonchev–Trinajstić information content (AvgIpc) is 3.14. The van der Waals surface area contributed by atoms with Crippen LogP contribution in [0.1, 0.15) is 22.3 Å². The zero-order valence-electron chi connectivity index (χ0n) is 16.0. The van der Waals surface area contributed by atoms with E-state index in [4.69, 9.17) is 0 Å². The molecule has 2 heterocycles. The van der Waals surface area contributed by atoms with Crippen LogP contribution < -0.4 is 16.4 Å². The first-order chi connectivity index (χ1) is 14.1. The number of carbonyl (C=O) groups is 1. The number of aromatic nitrogens is 3. The van der Waals surface area contributed by atoms with Crippen LogP contribution in [0.4, 0.5) is 5.95 Å². The highest BCUT2D eigenvalue weighted by atomic mass is 32.1. The van der Waals surface area contributed by atoms with Crippen LogP contribution in [0.25, 0.3) is 21.5 Å². The number of thiazole rings is 1. The smallest absolute Gasteiger partial charge is 0.277 e. The molecule has 2 N–H and O–H groups in total. The number of rotatable bonds is 5. The van der Waals surface area contributed by atoms with Crippen LogP contribution in [0.5, 0.6) is 0 Å². The molecular formula is C21H19N5O2S. The molecule has 7 nitrogen and oxygen atoms in total. The van der Waals surface area contributed by atoms with Gasteiger partial charge in [-0.05, 0) is 26.0 Å². The van der Waals surface area contributed by atoms with Crippen LogP contribution in [0.3, 0.4) is 0 Å². The number of para-hydroxylation sites is 1. The zero-order valence-corrected chi connectivity index (χ0v) is 16.8. The van der Waals surface area contributed by atoms with E-state index >= 15 is 0 Å². The number of hydrogen-bond donors (Lipinski definition) is 2. The van der Waals surface area contributed by atoms with Crippen molar-refractivity contribution in [3.05, 3.63) is 75.5 Å². The maximum absolute atomic E-state index is 12.7. The molecule has 146 valence electrons. The van der Waals surface area contributed by atoms with Gasteiger partial charge in [-0.15, -0.1) is 11.3 Å². The first kappa shape index (κ1) is 18.8. The molecule has 0 unspecified atom stereocenters. The second kappa shape index (κ2) is 7.84. The summed E-state index contributed by atoms with van der Waals surface area (Å²) in [7, 11) is 0. The Labute approximate surface area is 171 Å². The van der Waals surface area contributed by atoms with Gasteiger partial charge in [0.1, 0.15) is 9.88 Å². The molecule has 0 atom stereocenters. The van der Waals surface area contributed by atoms with E-state index in [0.717, 1.165) is 10.6 Å². The number of benzene rings is 2. The van der Waals surface area contributed by atoms with Gasteiger partial charge in [-0.3, -0.25) is 25.0 Å². The van der Waals surface area contributed by atoms with Crippen molar-refractivity contribution in [3.63, 3.8) is 0 Å². The van der Waals surface area contributed by atoms with Gasteiger partial charge >= 0.3 is 0 Å². The monoisotopic (exact) mass is 405 g/mol. The number of carbonyl (C=O) groups excluding carboxylic acids is 1. The maximum Gasteiger partial charge on any atom is 0.281 e. The van der Waals surface area contributed by atoms with Crippen molar-refractivity contribution in [2.45, 2.75) is 20.4 Å². The molecule has 29 heavy (non-hydrogen) atoms. The fourth-order valence-electron chi connectivity index (χ4n) is 3.04. The minimum absolute atomic E-state index is 0.157. The van der Waals surface area contributed by atoms with Crippen LogP contribution in [0.15, 0.2) is 59.4 Å². The highest BCUT2D eigenvalue weighted by Crippen LogP contribution is 2.27. The van der Waals surface area contributed by atoms with Crippen molar-refractivity contribution in [1.29, 1.82) is 0 Å². The summed E-state index contributed by atoms with van der Waals surface area (Å²) in [5.74, 6) is -0.0396. The lowest BCUT2D eigenvalue weighted by Crippen LogP contribution is -2.34. The van der Waals surface area contributed by atoms with Gasteiger partial charge in [0.25, 0.3) is 11.5 Å². The Morgan fingerprint density at radius 3 is 2.55 bits per heavy atom. The van der Waals surface area contributed by atoms with Crippen molar-refractivity contribution >= 4 is 34.1 Å². The first-order valence-electron chi connectivity index (χ1n) is 9.17. The normalized spacial score (nSPS) is 10.8. The topological polar surface area (TPSA) is 88.9 Å². The standard InChI is InChI=1S/C21H19N5O2S/c1-3-26-20(28)15-11-7-8-12-16(15)23-21(26)25-24-18(27)17-13(2)22-19(29-17)14-9-5-4-6-10-14/h4-12H,3H2,1-2H3,(H,23,25)(H,24,27). The summed E-state index contributed by atoms with van der Waals surface area (Å²) >= 11 is 1.32. The van der Waals surface area contributed by atoms with Crippen molar-refractivity contribution in [3.8, 4) is 10.6 Å². The van der Waals surface area contributed by atoms with E-state index in [2.05, 4.69) is 20.8 Å². The SMILES string of the molecule is CCn1c(NNC(=O)c2sc(-c3ccccc3)nc2C)nc2ccccc2c1=O. The highest BCUT2D eigenvalue weighted by Gasteiger charge is 2.17. The van der Waals surface area contributed by atoms with Crippen LogP contribution in [-0.2, 0) is 6.54 Å². The largest absolute Gasteiger partial charge is 0.281 e. The van der Waals surface area contributed by atoms with Gasteiger partial charge in [0, 0.05) is 12.1 Å². The molecule has 0 aliphatic carbocycles. The molecule has 4 rings (SSSR count). The summed E-state index contributed by atoms with van der Waals surface area (Å²) in [4.78, 5) is 34.9. The summed E-state index contributed by atoms with van der Waals surface area (Å²) in [6.45, 7) is 4.07. The van der Waals surface area contributed by atoms with Crippen molar-refractivity contribution < 1.29 is 4.79 Å². The van der Waals surface area contributed by atoms with Gasteiger partial charge in [0.2, 0.25) is 5.95 Å². The number of aryl methyl sites for hydroxylation is 1. The molecule has 0 aliphatic rings. The molecule has 0 saturated carbocycles. The molecule has 0 radical (unpaired) electrons. The van der Waals surface area contributed by atoms with E-state index in [1.54, 1.807) is 25.1 Å². The fraction of sp³-hybridized carbons (Fsp3) is 0.143. The van der Waals surface area contributed by atoms with Crippen molar-refractivity contribution in [1.82, 2.24) is 20.0 Å². The van der Waals surface area contributed by atoms with Gasteiger partial charge in [-0.1, -0.05) is 42.5 Å². The minimum atomic E-state index is -0.327. The third-order valence-electron chi connectivity index (χ3n) is 4.49. The number of nitrogens with zero attached hydrogens (tertiary/aromatic N) is 3. The van der Waals surface area contributed by atoms with E-state index in [0.29, 0.717) is 28.0 Å². The molecule has 0 aliphatic heterocycles. The Bertz CT molecular complexity index is 1250. The summed E-state index contributed by atoms with van der Waals surface area (Å²) in [6.07, 6.45) is 0. The van der Waals surface area contributed by atoms with Gasteiger partial charge < -0.3 is 0 Å². The number of anilines is 1. The first-order valence-corrected chi connectivity index (χ1v) is 9.99. The average molecular weight is 405 g/mol. The molecule has 4 aromatic rings. The lowest BCUT2D eigenvalue weighted by molar-refractivity contribution is 0.0965. The van der Waals surface area contributed by atoms with Crippen molar-refractivity contribution in [2.75, 3.05) is 5.43 Å². The lowest BCUT2D eigenvalue weighted by atomic mass is 10.2. The molecular weight excluding hydrogens is 386 g/mol. The molecule has 2 aromatic carbocycles. The lowest BCUT2D eigenvalue weighted by Gasteiger charge is -2.13. The molecule has 0 spiro atoms. The Morgan fingerprint density at radius 2 is 1.79 bits per heavy atom. The molecule has 8 heteroatoms. The molecule has 2 aromatic heterocycles. The zero-order chi connectivity index (χ0) is 20.4. The van der Waals surface area contributed by atoms with E-state index in [1.165, 1.54) is 15.9 Å². The Kier molecular flexibility index (Phi) is 5.09. The fourth-order valence-corrected chi connectivity index (χ4v) is 4.00. The van der Waals surface area contributed by atoms with Gasteiger partial charge in [-0.25, -0.2) is 9.97 Å². The Morgan fingerprint density at radius 1 is 1.07 bits per heavy atom. The molecule has 1 amide bonds. The predicted molar refractivity (Wildman–Crippen MR) is 115 cm³/mol. The molecule has 0 bridgehead atoms. The number of hydrazine groups is 1. The number of fused-ring (bicyclic) bond motifs is 1. The van der Waals surface area contributed by atoms with Crippen LogP contribution in [0, 0.1) is 6.92 Å². The Hall–Kier alpha value is -3.52. The third kappa shape index (κ3) is 3.62.